The first-order chi connectivity index (χ1) is 6.20. The Hall–Kier alpha value is 0.240. The third kappa shape index (κ3) is 1.86. The zero-order valence-electron chi connectivity index (χ0n) is 6.48. The second-order valence-electron chi connectivity index (χ2n) is 2.66. The summed E-state index contributed by atoms with van der Waals surface area (Å²) < 4.78 is 3.03. The molecule has 0 fully saturated rings. The van der Waals surface area contributed by atoms with E-state index in [-0.39, 0.29) is 0 Å². The molecule has 0 radical (unpaired) electrons. The maximum Gasteiger partial charge on any atom is 0.0940 e. The van der Waals surface area contributed by atoms with Gasteiger partial charge in [0.2, 0.25) is 0 Å². The van der Waals surface area contributed by atoms with E-state index < -0.39 is 0 Å². The molecule has 0 aliphatic carbocycles. The van der Waals surface area contributed by atoms with Gasteiger partial charge in [-0.3, -0.25) is 0 Å². The predicted octanol–water partition coefficient (Wildman–Crippen LogP) is 5.06. The molecule has 13 heavy (non-hydrogen) atoms. The molecule has 0 saturated carbocycles. The van der Waals surface area contributed by atoms with Gasteiger partial charge in [0.15, 0.2) is 0 Å². The van der Waals surface area contributed by atoms with Crippen molar-refractivity contribution in [2.75, 3.05) is 0 Å². The molecule has 0 saturated heterocycles. The molecule has 0 amide bonds. The van der Waals surface area contributed by atoms with E-state index in [0.29, 0.717) is 5.88 Å². The topological polar surface area (TPSA) is 0 Å². The third-order valence-electron chi connectivity index (χ3n) is 1.80. The van der Waals surface area contributed by atoms with E-state index in [1.165, 1.54) is 4.70 Å². The van der Waals surface area contributed by atoms with Crippen molar-refractivity contribution in [1.29, 1.82) is 0 Å². The fourth-order valence-corrected chi connectivity index (χ4v) is 3.36. The van der Waals surface area contributed by atoms with Crippen molar-refractivity contribution in [2.45, 2.75) is 5.88 Å². The summed E-state index contributed by atoms with van der Waals surface area (Å²) in [5, 5.41) is 1.16. The highest BCUT2D eigenvalue weighted by atomic mass is 79.9. The Labute approximate surface area is 98.6 Å². The molecule has 2 aromatic rings. The normalized spacial score (nSPS) is 11.0. The summed E-state index contributed by atoms with van der Waals surface area (Å²) in [5.41, 5.74) is 1.12. The maximum atomic E-state index is 5.92. The zero-order valence-corrected chi connectivity index (χ0v) is 10.4. The largest absolute Gasteiger partial charge is 0.123 e. The summed E-state index contributed by atoms with van der Waals surface area (Å²) >= 11 is 16.8. The van der Waals surface area contributed by atoms with Crippen molar-refractivity contribution >= 4 is 60.6 Å². The van der Waals surface area contributed by atoms with Crippen molar-refractivity contribution in [3.8, 4) is 0 Å². The van der Waals surface area contributed by atoms with E-state index in [1.54, 1.807) is 11.3 Å². The van der Waals surface area contributed by atoms with E-state index >= 15 is 0 Å². The quantitative estimate of drug-likeness (QED) is 0.645. The Balaban J connectivity index is 2.80. The molecule has 0 N–H and O–H groups in total. The smallest absolute Gasteiger partial charge is 0.0940 e. The maximum absolute atomic E-state index is 5.92. The molecule has 4 heteroatoms. The highest BCUT2D eigenvalue weighted by Crippen LogP contribution is 2.34. The fourth-order valence-electron chi connectivity index (χ4n) is 1.25. The monoisotopic (exact) mass is 294 g/mol. The summed E-state index contributed by atoms with van der Waals surface area (Å²) in [6, 6.07) is 6.05. The Kier molecular flexibility index (Phi) is 2.84. The zero-order chi connectivity index (χ0) is 9.42. The highest BCUT2D eigenvalue weighted by Gasteiger charge is 2.05. The van der Waals surface area contributed by atoms with Crippen LogP contribution in [-0.2, 0) is 5.88 Å². The Morgan fingerprint density at radius 3 is 2.77 bits per heavy atom. The van der Waals surface area contributed by atoms with Gasteiger partial charge in [-0.05, 0) is 29.1 Å². The van der Waals surface area contributed by atoms with Crippen LogP contribution in [0.5, 0.6) is 0 Å². The SMILES string of the molecule is ClCc1cc(Br)cc2sc(Cl)cc12. The van der Waals surface area contributed by atoms with E-state index in [9.17, 15) is 0 Å². The van der Waals surface area contributed by atoms with Gasteiger partial charge in [0.05, 0.1) is 4.34 Å². The minimum atomic E-state index is 0.517. The lowest BCUT2D eigenvalue weighted by molar-refractivity contribution is 1.45. The number of hydrogen-bond donors (Lipinski definition) is 0. The lowest BCUT2D eigenvalue weighted by Gasteiger charge is -1.98. The molecule has 2 rings (SSSR count). The van der Waals surface area contributed by atoms with Gasteiger partial charge in [-0.2, -0.15) is 0 Å². The van der Waals surface area contributed by atoms with Crippen LogP contribution in [0.4, 0.5) is 0 Å². The van der Waals surface area contributed by atoms with Gasteiger partial charge in [0, 0.05) is 15.1 Å². The van der Waals surface area contributed by atoms with Gasteiger partial charge in [-0.1, -0.05) is 27.5 Å². The Morgan fingerprint density at radius 2 is 2.08 bits per heavy atom. The number of rotatable bonds is 1. The summed E-state index contributed by atoms with van der Waals surface area (Å²) in [4.78, 5) is 0. The van der Waals surface area contributed by atoms with E-state index in [4.69, 9.17) is 23.2 Å². The number of halogens is 3. The molecule has 0 unspecified atom stereocenters. The van der Waals surface area contributed by atoms with Gasteiger partial charge in [-0.15, -0.1) is 22.9 Å². The second kappa shape index (κ2) is 3.77. The fraction of sp³-hybridized carbons (Fsp3) is 0.111. The molecule has 0 aliphatic rings. The van der Waals surface area contributed by atoms with Gasteiger partial charge < -0.3 is 0 Å². The second-order valence-corrected chi connectivity index (χ2v) is 5.56. The van der Waals surface area contributed by atoms with Crippen LogP contribution in [-0.4, -0.2) is 0 Å². The molecule has 1 aromatic carbocycles. The molecular formula is C9H5BrCl2S. The van der Waals surface area contributed by atoms with E-state index in [1.807, 2.05) is 12.1 Å². The van der Waals surface area contributed by atoms with Crippen molar-refractivity contribution in [3.05, 3.63) is 32.6 Å². The van der Waals surface area contributed by atoms with Crippen LogP contribution in [0.15, 0.2) is 22.7 Å². The third-order valence-corrected chi connectivity index (χ3v) is 3.76. The molecule has 0 nitrogen and oxygen atoms in total. The number of hydrogen-bond acceptors (Lipinski definition) is 1. The number of fused-ring (bicyclic) bond motifs is 1. The van der Waals surface area contributed by atoms with Crippen molar-refractivity contribution < 1.29 is 0 Å². The molecule has 0 spiro atoms. The number of benzene rings is 1. The van der Waals surface area contributed by atoms with Gasteiger partial charge >= 0.3 is 0 Å². The predicted molar refractivity (Wildman–Crippen MR) is 64.1 cm³/mol. The van der Waals surface area contributed by atoms with Crippen LogP contribution in [0.25, 0.3) is 10.1 Å². The van der Waals surface area contributed by atoms with Crippen molar-refractivity contribution in [2.24, 2.45) is 0 Å². The van der Waals surface area contributed by atoms with Crippen molar-refractivity contribution in [1.82, 2.24) is 0 Å². The van der Waals surface area contributed by atoms with Gasteiger partial charge in [0.1, 0.15) is 0 Å². The van der Waals surface area contributed by atoms with Crippen LogP contribution in [0.2, 0.25) is 4.34 Å². The molecule has 0 aliphatic heterocycles. The molecule has 1 aromatic heterocycles. The average molecular weight is 296 g/mol. The first-order valence-electron chi connectivity index (χ1n) is 3.64. The first kappa shape index (κ1) is 9.78. The van der Waals surface area contributed by atoms with Crippen LogP contribution >= 0.6 is 50.5 Å². The van der Waals surface area contributed by atoms with Crippen LogP contribution < -0.4 is 0 Å². The standard InChI is InChI=1S/C9H5BrCl2S/c10-6-1-5(4-11)7-3-9(12)13-8(7)2-6/h1-3H,4H2. The molecule has 0 bridgehead atoms. The molecule has 0 atom stereocenters. The van der Waals surface area contributed by atoms with E-state index in [2.05, 4.69) is 22.0 Å². The summed E-state index contributed by atoms with van der Waals surface area (Å²) in [7, 11) is 0. The van der Waals surface area contributed by atoms with Crippen molar-refractivity contribution in [3.63, 3.8) is 0 Å². The molecule has 1 heterocycles. The lowest BCUT2D eigenvalue weighted by atomic mass is 10.1. The molecule has 68 valence electrons. The summed E-state index contributed by atoms with van der Waals surface area (Å²) in [6.45, 7) is 0. The van der Waals surface area contributed by atoms with Gasteiger partial charge in [0.25, 0.3) is 0 Å². The van der Waals surface area contributed by atoms with Crippen LogP contribution in [0.3, 0.4) is 0 Å². The highest BCUT2D eigenvalue weighted by molar-refractivity contribution is 9.10. The lowest BCUT2D eigenvalue weighted by Crippen LogP contribution is -1.78. The van der Waals surface area contributed by atoms with Crippen LogP contribution in [0.1, 0.15) is 5.56 Å². The minimum absolute atomic E-state index is 0.517. The minimum Gasteiger partial charge on any atom is -0.123 e. The summed E-state index contributed by atoms with van der Waals surface area (Å²) in [5.74, 6) is 0.517. The molecular weight excluding hydrogens is 291 g/mol. The Bertz CT molecular complexity index is 450. The summed E-state index contributed by atoms with van der Waals surface area (Å²) in [6.07, 6.45) is 0. The number of thiophene rings is 1. The first-order valence-corrected chi connectivity index (χ1v) is 6.16. The Morgan fingerprint density at radius 1 is 1.31 bits per heavy atom. The number of alkyl halides is 1. The van der Waals surface area contributed by atoms with Gasteiger partial charge in [-0.25, -0.2) is 0 Å². The van der Waals surface area contributed by atoms with Crippen LogP contribution in [0, 0.1) is 0 Å². The van der Waals surface area contributed by atoms with E-state index in [0.717, 1.165) is 19.8 Å². The average Bonchev–Trinajstić information content (AvgIpc) is 2.43.